The van der Waals surface area contributed by atoms with Crippen molar-refractivity contribution in [1.82, 2.24) is 15.2 Å². The highest BCUT2D eigenvalue weighted by molar-refractivity contribution is 5.30. The number of ether oxygens (including phenoxy) is 1. The molecule has 0 amide bonds. The second-order valence-electron chi connectivity index (χ2n) is 7.06. The molecule has 2 heterocycles. The van der Waals surface area contributed by atoms with Gasteiger partial charge in [-0.05, 0) is 49.2 Å². The molecule has 1 aliphatic heterocycles. The average Bonchev–Trinajstić information content (AvgIpc) is 2.65. The summed E-state index contributed by atoms with van der Waals surface area (Å²) in [5, 5.41) is 3.68. The molecular weight excluding hydrogens is 317 g/mol. The Morgan fingerprint density at radius 2 is 1.68 bits per heavy atom. The van der Waals surface area contributed by atoms with Crippen molar-refractivity contribution in [2.45, 2.75) is 25.4 Å². The van der Waals surface area contributed by atoms with Crippen LogP contribution in [0.15, 0.2) is 48.8 Å². The number of pyridine rings is 1. The Bertz CT molecular complexity index is 654. The molecule has 0 spiro atoms. The van der Waals surface area contributed by atoms with Gasteiger partial charge in [-0.1, -0.05) is 12.1 Å². The first kappa shape index (κ1) is 18.0. The van der Waals surface area contributed by atoms with Crippen molar-refractivity contribution in [3.8, 4) is 0 Å². The predicted molar refractivity (Wildman–Crippen MR) is 97.0 cm³/mol. The van der Waals surface area contributed by atoms with Gasteiger partial charge in [0.2, 0.25) is 0 Å². The molecule has 3 rings (SSSR count). The Hall–Kier alpha value is -1.82. The van der Waals surface area contributed by atoms with Crippen molar-refractivity contribution in [3.05, 3.63) is 65.7 Å². The van der Waals surface area contributed by atoms with Crippen LogP contribution < -0.4 is 5.32 Å². The minimum absolute atomic E-state index is 0.00363. The van der Waals surface area contributed by atoms with Gasteiger partial charge in [-0.15, -0.1) is 0 Å². The van der Waals surface area contributed by atoms with Crippen molar-refractivity contribution >= 4 is 0 Å². The Morgan fingerprint density at radius 3 is 2.32 bits per heavy atom. The number of nitrogens with zero attached hydrogens (tertiary/aromatic N) is 2. The van der Waals surface area contributed by atoms with Gasteiger partial charge in [-0.2, -0.15) is 0 Å². The molecule has 5 heteroatoms. The zero-order valence-corrected chi connectivity index (χ0v) is 14.9. The van der Waals surface area contributed by atoms with E-state index in [2.05, 4.69) is 29.0 Å². The lowest BCUT2D eigenvalue weighted by Crippen LogP contribution is -2.55. The van der Waals surface area contributed by atoms with Crippen LogP contribution in [0.4, 0.5) is 4.39 Å². The molecule has 25 heavy (non-hydrogen) atoms. The summed E-state index contributed by atoms with van der Waals surface area (Å²) in [6.07, 6.45) is 3.58. The summed E-state index contributed by atoms with van der Waals surface area (Å²) in [6.45, 7) is 8.79. The van der Waals surface area contributed by atoms with Crippen LogP contribution in [0.25, 0.3) is 0 Å². The van der Waals surface area contributed by atoms with Crippen molar-refractivity contribution in [2.75, 3.05) is 32.8 Å². The molecule has 0 saturated carbocycles. The summed E-state index contributed by atoms with van der Waals surface area (Å²) in [4.78, 5) is 6.56. The normalized spacial score (nSPS) is 17.4. The summed E-state index contributed by atoms with van der Waals surface area (Å²) < 4.78 is 18.8. The summed E-state index contributed by atoms with van der Waals surface area (Å²) in [5.74, 6) is -0.217. The van der Waals surface area contributed by atoms with E-state index in [0.717, 1.165) is 44.0 Å². The van der Waals surface area contributed by atoms with Gasteiger partial charge in [0, 0.05) is 37.6 Å². The van der Waals surface area contributed by atoms with Crippen molar-refractivity contribution in [2.24, 2.45) is 0 Å². The lowest BCUT2D eigenvalue weighted by molar-refractivity contribution is -0.0101. The number of aromatic nitrogens is 1. The van der Waals surface area contributed by atoms with Gasteiger partial charge in [0.15, 0.2) is 0 Å². The van der Waals surface area contributed by atoms with E-state index in [4.69, 9.17) is 4.74 Å². The summed E-state index contributed by atoms with van der Waals surface area (Å²) in [6, 6.07) is 10.7. The maximum Gasteiger partial charge on any atom is 0.123 e. The second kappa shape index (κ2) is 8.04. The topological polar surface area (TPSA) is 37.4 Å². The Kier molecular flexibility index (Phi) is 5.78. The molecule has 1 aliphatic rings. The summed E-state index contributed by atoms with van der Waals surface area (Å²) in [5.41, 5.74) is 2.18. The number of benzene rings is 1. The van der Waals surface area contributed by atoms with E-state index < -0.39 is 0 Å². The highest BCUT2D eigenvalue weighted by Gasteiger charge is 2.29. The molecule has 1 N–H and O–H groups in total. The van der Waals surface area contributed by atoms with Crippen LogP contribution in [0.5, 0.6) is 0 Å². The Balaban J connectivity index is 1.77. The molecule has 1 fully saturated rings. The van der Waals surface area contributed by atoms with Gasteiger partial charge in [-0.3, -0.25) is 9.88 Å². The van der Waals surface area contributed by atoms with Crippen LogP contribution in [-0.4, -0.2) is 48.3 Å². The minimum atomic E-state index is -0.217. The molecule has 134 valence electrons. The number of hydrogen-bond donors (Lipinski definition) is 1. The fourth-order valence-electron chi connectivity index (χ4n) is 3.27. The molecule has 0 radical (unpaired) electrons. The predicted octanol–water partition coefficient (Wildman–Crippen LogP) is 3.01. The fraction of sp³-hybridized carbons (Fsp3) is 0.450. The van der Waals surface area contributed by atoms with E-state index in [1.165, 1.54) is 12.1 Å². The Morgan fingerprint density at radius 1 is 1.08 bits per heavy atom. The third-order valence-corrected chi connectivity index (χ3v) is 4.85. The Labute approximate surface area is 149 Å². The summed E-state index contributed by atoms with van der Waals surface area (Å²) >= 11 is 0. The molecule has 1 unspecified atom stereocenters. The molecular formula is C20H26FN3O. The van der Waals surface area contributed by atoms with Gasteiger partial charge in [0.1, 0.15) is 5.82 Å². The molecule has 1 atom stereocenters. The van der Waals surface area contributed by atoms with E-state index in [1.807, 2.05) is 24.3 Å². The van der Waals surface area contributed by atoms with Crippen LogP contribution in [0.1, 0.15) is 31.0 Å². The first-order valence-corrected chi connectivity index (χ1v) is 8.78. The average molecular weight is 343 g/mol. The van der Waals surface area contributed by atoms with E-state index in [0.29, 0.717) is 0 Å². The van der Waals surface area contributed by atoms with Crippen LogP contribution in [0.3, 0.4) is 0 Å². The summed E-state index contributed by atoms with van der Waals surface area (Å²) in [7, 11) is 0. The molecule has 0 aliphatic carbocycles. The standard InChI is InChI=1S/C20H26FN3O/c1-20(2,24-11-13-25-14-12-24)15-23-19(17-7-9-22-10-8-17)16-3-5-18(21)6-4-16/h3-10,19,23H,11-15H2,1-2H3. The molecule has 1 saturated heterocycles. The van der Waals surface area contributed by atoms with Gasteiger partial charge < -0.3 is 10.1 Å². The van der Waals surface area contributed by atoms with Crippen LogP contribution in [0, 0.1) is 5.82 Å². The maximum atomic E-state index is 13.3. The maximum absolute atomic E-state index is 13.3. The van der Waals surface area contributed by atoms with Crippen molar-refractivity contribution in [1.29, 1.82) is 0 Å². The van der Waals surface area contributed by atoms with Crippen LogP contribution >= 0.6 is 0 Å². The van der Waals surface area contributed by atoms with Gasteiger partial charge >= 0.3 is 0 Å². The smallest absolute Gasteiger partial charge is 0.123 e. The second-order valence-corrected chi connectivity index (χ2v) is 7.06. The third kappa shape index (κ3) is 4.63. The van der Waals surface area contributed by atoms with Crippen molar-refractivity contribution in [3.63, 3.8) is 0 Å². The monoisotopic (exact) mass is 343 g/mol. The highest BCUT2D eigenvalue weighted by atomic mass is 19.1. The largest absolute Gasteiger partial charge is 0.379 e. The lowest BCUT2D eigenvalue weighted by atomic mass is 9.96. The molecule has 4 nitrogen and oxygen atoms in total. The number of nitrogens with one attached hydrogen (secondary N) is 1. The van der Waals surface area contributed by atoms with E-state index in [1.54, 1.807) is 12.4 Å². The number of hydrogen-bond acceptors (Lipinski definition) is 4. The third-order valence-electron chi connectivity index (χ3n) is 4.85. The highest BCUT2D eigenvalue weighted by Crippen LogP contribution is 2.24. The SMILES string of the molecule is CC(C)(CNC(c1ccncc1)c1ccc(F)cc1)N1CCOCC1. The van der Waals surface area contributed by atoms with Crippen LogP contribution in [0.2, 0.25) is 0 Å². The molecule has 1 aromatic heterocycles. The van der Waals surface area contributed by atoms with Gasteiger partial charge in [0.25, 0.3) is 0 Å². The number of rotatable bonds is 6. The van der Waals surface area contributed by atoms with E-state index in [-0.39, 0.29) is 17.4 Å². The zero-order valence-electron chi connectivity index (χ0n) is 14.9. The van der Waals surface area contributed by atoms with E-state index >= 15 is 0 Å². The quantitative estimate of drug-likeness (QED) is 0.875. The van der Waals surface area contributed by atoms with Gasteiger partial charge in [-0.25, -0.2) is 4.39 Å². The fourth-order valence-corrected chi connectivity index (χ4v) is 3.27. The minimum Gasteiger partial charge on any atom is -0.379 e. The number of halogens is 1. The molecule has 2 aromatic rings. The van der Waals surface area contributed by atoms with Crippen molar-refractivity contribution < 1.29 is 9.13 Å². The van der Waals surface area contributed by atoms with E-state index in [9.17, 15) is 4.39 Å². The van der Waals surface area contributed by atoms with Crippen LogP contribution in [-0.2, 0) is 4.74 Å². The molecule has 1 aromatic carbocycles. The van der Waals surface area contributed by atoms with Gasteiger partial charge in [0.05, 0.1) is 19.3 Å². The first-order chi connectivity index (χ1) is 12.1. The lowest BCUT2D eigenvalue weighted by Gasteiger charge is -2.41. The molecule has 0 bridgehead atoms. The zero-order chi connectivity index (χ0) is 17.7. The number of morpholine rings is 1. The first-order valence-electron chi connectivity index (χ1n) is 8.78.